The van der Waals surface area contributed by atoms with E-state index in [1.54, 1.807) is 12.1 Å². The molecule has 0 bridgehead atoms. The molecule has 1 unspecified atom stereocenters. The van der Waals surface area contributed by atoms with Crippen LogP contribution in [-0.4, -0.2) is 7.05 Å². The Bertz CT molecular complexity index is 582. The molecule has 0 saturated heterocycles. The molecule has 0 aliphatic carbocycles. The van der Waals surface area contributed by atoms with Crippen LogP contribution in [0.2, 0.25) is 0 Å². The summed E-state index contributed by atoms with van der Waals surface area (Å²) in [6.07, 6.45) is 0.864. The first-order chi connectivity index (χ1) is 9.67. The van der Waals surface area contributed by atoms with Crippen LogP contribution < -0.4 is 10.1 Å². The zero-order valence-electron chi connectivity index (χ0n) is 11.5. The van der Waals surface area contributed by atoms with Gasteiger partial charge in [0.05, 0.1) is 0 Å². The van der Waals surface area contributed by atoms with E-state index < -0.39 is 11.6 Å². The molecule has 1 N–H and O–H groups in total. The van der Waals surface area contributed by atoms with Gasteiger partial charge in [0.15, 0.2) is 11.6 Å². The highest BCUT2D eigenvalue weighted by atomic mass is 19.2. The number of para-hydroxylation sites is 1. The Morgan fingerprint density at radius 2 is 1.75 bits per heavy atom. The fraction of sp³-hybridized carbons (Fsp3) is 0.250. The van der Waals surface area contributed by atoms with E-state index in [9.17, 15) is 8.78 Å². The van der Waals surface area contributed by atoms with Gasteiger partial charge < -0.3 is 10.1 Å². The second kappa shape index (κ2) is 6.48. The first-order valence-corrected chi connectivity index (χ1v) is 6.55. The third-order valence-electron chi connectivity index (χ3n) is 3.19. The van der Waals surface area contributed by atoms with Gasteiger partial charge in [-0.2, -0.15) is 4.39 Å². The summed E-state index contributed by atoms with van der Waals surface area (Å²) in [6.45, 7) is 2.04. The fourth-order valence-corrected chi connectivity index (χ4v) is 2.12. The first kappa shape index (κ1) is 14.5. The second-order valence-corrected chi connectivity index (χ2v) is 4.44. The summed E-state index contributed by atoms with van der Waals surface area (Å²) in [6, 6.07) is 11.4. The lowest BCUT2D eigenvalue weighted by molar-refractivity contribution is 0.407. The molecule has 2 aromatic rings. The largest absolute Gasteiger partial charge is 0.454 e. The van der Waals surface area contributed by atoms with E-state index >= 15 is 0 Å². The Morgan fingerprint density at radius 1 is 1.05 bits per heavy atom. The third kappa shape index (κ3) is 2.96. The van der Waals surface area contributed by atoms with E-state index in [0.717, 1.165) is 18.1 Å². The highest BCUT2D eigenvalue weighted by molar-refractivity contribution is 5.40. The molecule has 0 amide bonds. The predicted octanol–water partition coefficient (Wildman–Crippen LogP) is 4.43. The average Bonchev–Trinajstić information content (AvgIpc) is 2.47. The Labute approximate surface area is 117 Å². The van der Waals surface area contributed by atoms with Crippen molar-refractivity contribution in [3.05, 3.63) is 59.7 Å². The van der Waals surface area contributed by atoms with Crippen molar-refractivity contribution in [1.29, 1.82) is 0 Å². The minimum Gasteiger partial charge on any atom is -0.454 e. The summed E-state index contributed by atoms with van der Waals surface area (Å²) in [5.74, 6) is -1.47. The van der Waals surface area contributed by atoms with E-state index in [2.05, 4.69) is 5.32 Å². The van der Waals surface area contributed by atoms with Crippen molar-refractivity contribution in [2.24, 2.45) is 0 Å². The van der Waals surface area contributed by atoms with Crippen molar-refractivity contribution in [2.75, 3.05) is 7.05 Å². The number of ether oxygens (including phenoxy) is 1. The zero-order chi connectivity index (χ0) is 14.5. The summed E-state index contributed by atoms with van der Waals surface area (Å²) in [5.41, 5.74) is 0.918. The maximum atomic E-state index is 13.7. The van der Waals surface area contributed by atoms with E-state index in [1.165, 1.54) is 12.1 Å². The van der Waals surface area contributed by atoms with Crippen molar-refractivity contribution >= 4 is 0 Å². The van der Waals surface area contributed by atoms with Crippen LogP contribution in [0.4, 0.5) is 8.78 Å². The Kier molecular flexibility index (Phi) is 4.69. The van der Waals surface area contributed by atoms with Gasteiger partial charge in [-0.15, -0.1) is 0 Å². The summed E-state index contributed by atoms with van der Waals surface area (Å²) in [7, 11) is 1.85. The SMILES string of the molecule is CCC(NC)c1ccccc1Oc1cccc(F)c1F. The molecule has 20 heavy (non-hydrogen) atoms. The monoisotopic (exact) mass is 277 g/mol. The second-order valence-electron chi connectivity index (χ2n) is 4.44. The molecule has 0 saturated carbocycles. The van der Waals surface area contributed by atoms with Crippen LogP contribution in [-0.2, 0) is 0 Å². The topological polar surface area (TPSA) is 21.3 Å². The van der Waals surface area contributed by atoms with Crippen molar-refractivity contribution in [3.8, 4) is 11.5 Å². The molecule has 0 spiro atoms. The molecule has 0 aliphatic heterocycles. The number of benzene rings is 2. The van der Waals surface area contributed by atoms with Crippen LogP contribution in [0.3, 0.4) is 0 Å². The van der Waals surface area contributed by atoms with Gasteiger partial charge in [0, 0.05) is 11.6 Å². The molecule has 2 rings (SSSR count). The average molecular weight is 277 g/mol. The van der Waals surface area contributed by atoms with Crippen LogP contribution in [0, 0.1) is 11.6 Å². The highest BCUT2D eigenvalue weighted by Gasteiger charge is 2.15. The van der Waals surface area contributed by atoms with E-state index in [-0.39, 0.29) is 11.8 Å². The lowest BCUT2D eigenvalue weighted by Gasteiger charge is -2.18. The van der Waals surface area contributed by atoms with Crippen LogP contribution in [0.5, 0.6) is 11.5 Å². The zero-order valence-corrected chi connectivity index (χ0v) is 11.5. The van der Waals surface area contributed by atoms with E-state index in [0.29, 0.717) is 5.75 Å². The molecule has 0 aliphatic rings. The Hall–Kier alpha value is -1.94. The third-order valence-corrected chi connectivity index (χ3v) is 3.19. The van der Waals surface area contributed by atoms with Gasteiger partial charge >= 0.3 is 0 Å². The lowest BCUT2D eigenvalue weighted by Crippen LogP contribution is -2.15. The number of nitrogens with one attached hydrogen (secondary N) is 1. The first-order valence-electron chi connectivity index (χ1n) is 6.55. The summed E-state index contributed by atoms with van der Waals surface area (Å²) in [4.78, 5) is 0. The van der Waals surface area contributed by atoms with Gasteiger partial charge in [-0.1, -0.05) is 31.2 Å². The van der Waals surface area contributed by atoms with Gasteiger partial charge in [0.2, 0.25) is 5.82 Å². The summed E-state index contributed by atoms with van der Waals surface area (Å²) >= 11 is 0. The molecule has 0 radical (unpaired) electrons. The van der Waals surface area contributed by atoms with Gasteiger partial charge in [-0.05, 0) is 31.7 Å². The number of rotatable bonds is 5. The fourth-order valence-electron chi connectivity index (χ4n) is 2.12. The van der Waals surface area contributed by atoms with Gasteiger partial charge in [0.1, 0.15) is 5.75 Å². The molecule has 1 atom stereocenters. The summed E-state index contributed by atoms with van der Waals surface area (Å²) in [5, 5.41) is 3.17. The molecule has 4 heteroatoms. The molecule has 2 nitrogen and oxygen atoms in total. The van der Waals surface area contributed by atoms with E-state index in [4.69, 9.17) is 4.74 Å². The van der Waals surface area contributed by atoms with Gasteiger partial charge in [-0.25, -0.2) is 4.39 Å². The molecule has 0 heterocycles. The van der Waals surface area contributed by atoms with Gasteiger partial charge in [0.25, 0.3) is 0 Å². The highest BCUT2D eigenvalue weighted by Crippen LogP contribution is 2.32. The molecule has 106 valence electrons. The number of halogens is 2. The smallest absolute Gasteiger partial charge is 0.201 e. The molecule has 0 aromatic heterocycles. The number of hydrogen-bond acceptors (Lipinski definition) is 2. The summed E-state index contributed by atoms with van der Waals surface area (Å²) < 4.78 is 32.4. The maximum Gasteiger partial charge on any atom is 0.201 e. The van der Waals surface area contributed by atoms with Crippen LogP contribution in [0.25, 0.3) is 0 Å². The standard InChI is InChI=1S/C16H17F2NO/c1-3-13(19-2)11-7-4-5-9-14(11)20-15-10-6-8-12(17)16(15)18/h4-10,13,19H,3H2,1-2H3. The van der Waals surface area contributed by atoms with Gasteiger partial charge in [-0.3, -0.25) is 0 Å². The van der Waals surface area contributed by atoms with Crippen molar-refractivity contribution in [3.63, 3.8) is 0 Å². The van der Waals surface area contributed by atoms with Crippen molar-refractivity contribution < 1.29 is 13.5 Å². The molecule has 2 aromatic carbocycles. The number of hydrogen-bond donors (Lipinski definition) is 1. The maximum absolute atomic E-state index is 13.7. The molecular weight excluding hydrogens is 260 g/mol. The van der Waals surface area contributed by atoms with Crippen molar-refractivity contribution in [2.45, 2.75) is 19.4 Å². The quantitative estimate of drug-likeness (QED) is 0.873. The predicted molar refractivity (Wildman–Crippen MR) is 75.0 cm³/mol. The van der Waals surface area contributed by atoms with Crippen LogP contribution in [0.1, 0.15) is 24.9 Å². The minimum atomic E-state index is -0.972. The Morgan fingerprint density at radius 3 is 2.45 bits per heavy atom. The minimum absolute atomic E-state index is 0.0998. The lowest BCUT2D eigenvalue weighted by atomic mass is 10.0. The molecule has 0 fully saturated rings. The van der Waals surface area contributed by atoms with Crippen LogP contribution in [0.15, 0.2) is 42.5 Å². The molecular formula is C16H17F2NO. The van der Waals surface area contributed by atoms with Crippen molar-refractivity contribution in [1.82, 2.24) is 5.32 Å². The van der Waals surface area contributed by atoms with E-state index in [1.807, 2.05) is 26.1 Å². The van der Waals surface area contributed by atoms with Crippen LogP contribution >= 0.6 is 0 Å². The normalized spacial score (nSPS) is 12.2. The Balaban J connectivity index is 2.36.